The molecule has 0 fully saturated rings. The molecule has 2 atom stereocenters. The molecule has 1 amide bonds. The van der Waals surface area contributed by atoms with Gasteiger partial charge in [-0.1, -0.05) is 11.8 Å². The third-order valence-corrected chi connectivity index (χ3v) is 4.33. The van der Waals surface area contributed by atoms with E-state index in [1.807, 2.05) is 6.92 Å². The van der Waals surface area contributed by atoms with Crippen LogP contribution in [0.25, 0.3) is 0 Å². The van der Waals surface area contributed by atoms with Gasteiger partial charge in [0.25, 0.3) is 0 Å². The van der Waals surface area contributed by atoms with Crippen LogP contribution in [0.2, 0.25) is 0 Å². The monoisotopic (exact) mass is 284 g/mol. The molecule has 18 heavy (non-hydrogen) atoms. The van der Waals surface area contributed by atoms with Crippen molar-refractivity contribution in [3.05, 3.63) is 24.3 Å². The zero-order valence-corrected chi connectivity index (χ0v) is 11.2. The van der Waals surface area contributed by atoms with Gasteiger partial charge >= 0.3 is 0 Å². The maximum absolute atomic E-state index is 12.0. The third-order valence-electron chi connectivity index (χ3n) is 2.14. The van der Waals surface area contributed by atoms with E-state index in [4.69, 9.17) is 0 Å². The molecule has 96 valence electrons. The van der Waals surface area contributed by atoms with Crippen molar-refractivity contribution in [2.45, 2.75) is 17.3 Å². The average Bonchev–Trinajstić information content (AvgIpc) is 2.76. The van der Waals surface area contributed by atoms with E-state index in [0.717, 1.165) is 5.04 Å². The highest BCUT2D eigenvalue weighted by atomic mass is 32.2. The van der Waals surface area contributed by atoms with Crippen LogP contribution < -0.4 is 15.5 Å². The Bertz CT molecular complexity index is 489. The molecule has 0 aromatic heterocycles. The van der Waals surface area contributed by atoms with E-state index < -0.39 is 11.0 Å². The molecule has 3 N–H and O–H groups in total. The number of nitrogens with one attached hydrogen (secondary N) is 3. The largest absolute Gasteiger partial charge is 0.329 e. The molecule has 1 aromatic carbocycles. The molecule has 1 heterocycles. The molecule has 6 nitrogen and oxygen atoms in total. The minimum absolute atomic E-state index is 0.182. The smallest absolute Gasteiger partial charge is 0.211 e. The lowest BCUT2D eigenvalue weighted by Gasteiger charge is -2.10. The zero-order valence-electron chi connectivity index (χ0n) is 9.54. The summed E-state index contributed by atoms with van der Waals surface area (Å²) in [5.74, 6) is 0. The van der Waals surface area contributed by atoms with Gasteiger partial charge in [-0.3, -0.25) is 10.2 Å². The summed E-state index contributed by atoms with van der Waals surface area (Å²) in [5.41, 5.74) is 3.31. The van der Waals surface area contributed by atoms with Crippen LogP contribution in [0.3, 0.4) is 0 Å². The van der Waals surface area contributed by atoms with Crippen LogP contribution in [0.15, 0.2) is 34.3 Å². The molecule has 0 saturated heterocycles. The third kappa shape index (κ3) is 3.31. The van der Waals surface area contributed by atoms with Crippen LogP contribution in [0.4, 0.5) is 5.69 Å². The minimum Gasteiger partial charge on any atom is -0.329 e. The van der Waals surface area contributed by atoms with Crippen molar-refractivity contribution in [1.29, 1.82) is 0 Å². The van der Waals surface area contributed by atoms with Gasteiger partial charge < -0.3 is 5.32 Å². The molecule has 0 saturated carbocycles. The van der Waals surface area contributed by atoms with Gasteiger partial charge in [0, 0.05) is 5.69 Å². The number of hydrogen-bond donors (Lipinski definition) is 3. The van der Waals surface area contributed by atoms with E-state index >= 15 is 0 Å². The molecule has 0 aliphatic carbocycles. The van der Waals surface area contributed by atoms with E-state index in [1.54, 1.807) is 24.3 Å². The summed E-state index contributed by atoms with van der Waals surface area (Å²) in [6.45, 7) is 1.88. The SMILES string of the molecule is CC1=NNC(NS(=O)c2ccc(NC=O)cc2)S1. The summed E-state index contributed by atoms with van der Waals surface area (Å²) in [6.07, 6.45) is 0.601. The minimum atomic E-state index is -1.32. The van der Waals surface area contributed by atoms with Crippen LogP contribution in [0.1, 0.15) is 6.92 Å². The number of amides is 1. The molecule has 1 aliphatic rings. The molecule has 8 heteroatoms. The predicted octanol–water partition coefficient (Wildman–Crippen LogP) is 0.820. The number of thioether (sulfide) groups is 1. The standard InChI is InChI=1S/C10H12N4O2S2/c1-7-12-13-10(17-7)14-18(16)9-4-2-8(3-5-9)11-6-15/h2-6,10,13-14H,1H3,(H,11,15). The van der Waals surface area contributed by atoms with Crippen LogP contribution in [-0.4, -0.2) is 21.2 Å². The second kappa shape index (κ2) is 5.98. The van der Waals surface area contributed by atoms with E-state index in [1.165, 1.54) is 11.8 Å². The topological polar surface area (TPSA) is 82.6 Å². The number of carbonyl (C=O) groups excluding carboxylic acids is 1. The molecule has 2 rings (SSSR count). The van der Waals surface area contributed by atoms with Gasteiger partial charge in [0.15, 0.2) is 5.50 Å². The summed E-state index contributed by atoms with van der Waals surface area (Å²) >= 11 is 1.48. The number of hydrazone groups is 1. The van der Waals surface area contributed by atoms with Gasteiger partial charge in [0.1, 0.15) is 11.0 Å². The highest BCUT2D eigenvalue weighted by Crippen LogP contribution is 2.17. The normalized spacial score (nSPS) is 19.8. The first kappa shape index (κ1) is 13.1. The number of anilines is 1. The van der Waals surface area contributed by atoms with Crippen LogP contribution in [0, 0.1) is 0 Å². The second-order valence-electron chi connectivity index (χ2n) is 3.43. The molecule has 1 aliphatic heterocycles. The fourth-order valence-electron chi connectivity index (χ4n) is 1.33. The van der Waals surface area contributed by atoms with Crippen molar-refractivity contribution >= 4 is 39.9 Å². The Kier molecular flexibility index (Phi) is 4.34. The van der Waals surface area contributed by atoms with Gasteiger partial charge in [-0.25, -0.2) is 8.93 Å². The maximum Gasteiger partial charge on any atom is 0.211 e. The Morgan fingerprint density at radius 1 is 1.44 bits per heavy atom. The number of hydrogen-bond acceptors (Lipinski definition) is 5. The van der Waals surface area contributed by atoms with Crippen LogP contribution >= 0.6 is 11.8 Å². The van der Waals surface area contributed by atoms with Crippen molar-refractivity contribution in [2.75, 3.05) is 5.32 Å². The maximum atomic E-state index is 12.0. The number of carbonyl (C=O) groups is 1. The Morgan fingerprint density at radius 3 is 2.72 bits per heavy atom. The molecular weight excluding hydrogens is 272 g/mol. The predicted molar refractivity (Wildman–Crippen MR) is 73.3 cm³/mol. The van der Waals surface area contributed by atoms with Crippen LogP contribution in [0.5, 0.6) is 0 Å². The Morgan fingerprint density at radius 2 is 2.17 bits per heavy atom. The first-order valence-electron chi connectivity index (χ1n) is 5.14. The van der Waals surface area contributed by atoms with E-state index in [-0.39, 0.29) is 5.50 Å². The lowest BCUT2D eigenvalue weighted by atomic mass is 10.3. The first-order valence-corrected chi connectivity index (χ1v) is 7.16. The fourth-order valence-corrected chi connectivity index (χ4v) is 3.10. The van der Waals surface area contributed by atoms with Crippen LogP contribution in [-0.2, 0) is 15.8 Å². The summed E-state index contributed by atoms with van der Waals surface area (Å²) < 4.78 is 14.9. The van der Waals surface area contributed by atoms with E-state index in [2.05, 4.69) is 20.6 Å². The molecule has 1 aromatic rings. The van der Waals surface area contributed by atoms with Gasteiger partial charge in [0.2, 0.25) is 6.41 Å². The van der Waals surface area contributed by atoms with E-state index in [9.17, 15) is 9.00 Å². The quantitative estimate of drug-likeness (QED) is 0.699. The fraction of sp³-hybridized carbons (Fsp3) is 0.200. The summed E-state index contributed by atoms with van der Waals surface area (Å²) in [4.78, 5) is 10.9. The van der Waals surface area contributed by atoms with Crippen molar-refractivity contribution in [1.82, 2.24) is 10.1 Å². The molecular formula is C10H12N4O2S2. The Labute approximate surface area is 111 Å². The van der Waals surface area contributed by atoms with Crippen molar-refractivity contribution in [3.63, 3.8) is 0 Å². The first-order chi connectivity index (χ1) is 8.69. The van der Waals surface area contributed by atoms with E-state index in [0.29, 0.717) is 17.0 Å². The zero-order chi connectivity index (χ0) is 13.0. The number of benzene rings is 1. The highest BCUT2D eigenvalue weighted by Gasteiger charge is 2.18. The second-order valence-corrected chi connectivity index (χ2v) is 5.97. The van der Waals surface area contributed by atoms with Crippen molar-refractivity contribution in [3.8, 4) is 0 Å². The number of nitrogens with zero attached hydrogens (tertiary/aromatic N) is 1. The van der Waals surface area contributed by atoms with Gasteiger partial charge in [0.05, 0.1) is 9.94 Å². The van der Waals surface area contributed by atoms with Crippen molar-refractivity contribution < 1.29 is 9.00 Å². The highest BCUT2D eigenvalue weighted by molar-refractivity contribution is 8.14. The molecule has 0 spiro atoms. The van der Waals surface area contributed by atoms with Gasteiger partial charge in [-0.2, -0.15) is 5.10 Å². The lowest BCUT2D eigenvalue weighted by molar-refractivity contribution is -0.105. The Hall–Kier alpha value is -1.38. The van der Waals surface area contributed by atoms with Gasteiger partial charge in [-0.05, 0) is 31.2 Å². The molecule has 0 radical (unpaired) electrons. The number of rotatable bonds is 5. The summed E-state index contributed by atoms with van der Waals surface area (Å²) in [7, 11) is -1.32. The summed E-state index contributed by atoms with van der Waals surface area (Å²) in [6, 6.07) is 6.78. The molecule has 2 unspecified atom stereocenters. The average molecular weight is 284 g/mol. The summed E-state index contributed by atoms with van der Waals surface area (Å²) in [5, 5.41) is 7.40. The Balaban J connectivity index is 1.94. The van der Waals surface area contributed by atoms with Crippen molar-refractivity contribution in [2.24, 2.45) is 5.10 Å². The molecule has 0 bridgehead atoms. The van der Waals surface area contributed by atoms with Gasteiger partial charge in [-0.15, -0.1) is 0 Å². The lowest BCUT2D eigenvalue weighted by Crippen LogP contribution is -2.35.